The molecule has 1 heterocycles. The summed E-state index contributed by atoms with van der Waals surface area (Å²) in [7, 11) is 0. The molecule has 1 fully saturated rings. The first-order valence-corrected chi connectivity index (χ1v) is 3.85. The molecule has 0 amide bonds. The second kappa shape index (κ2) is 1.99. The monoisotopic (exact) mass is 141 g/mol. The van der Waals surface area contributed by atoms with Crippen molar-refractivity contribution in [3.8, 4) is 5.75 Å². The molecule has 0 bridgehead atoms. The average molecular weight is 141 g/mol. The van der Waals surface area contributed by atoms with Gasteiger partial charge in [-0.25, -0.2) is 0 Å². The SMILES string of the molecule is c1nscc1OC1CC1. The molecule has 3 heteroatoms. The van der Waals surface area contributed by atoms with E-state index in [0.29, 0.717) is 6.10 Å². The zero-order valence-corrected chi connectivity index (χ0v) is 5.73. The molecule has 1 saturated carbocycles. The van der Waals surface area contributed by atoms with E-state index in [1.807, 2.05) is 5.38 Å². The minimum absolute atomic E-state index is 0.501. The average Bonchev–Trinajstić information content (AvgIpc) is 2.46. The first kappa shape index (κ1) is 5.23. The van der Waals surface area contributed by atoms with Gasteiger partial charge in [0.15, 0.2) is 0 Å². The molecule has 2 nitrogen and oxygen atoms in total. The first-order valence-electron chi connectivity index (χ1n) is 3.01. The van der Waals surface area contributed by atoms with E-state index in [1.54, 1.807) is 6.20 Å². The van der Waals surface area contributed by atoms with Gasteiger partial charge in [-0.2, -0.15) is 4.37 Å². The smallest absolute Gasteiger partial charge is 0.150 e. The lowest BCUT2D eigenvalue weighted by Gasteiger charge is -1.95. The minimum Gasteiger partial charge on any atom is -0.488 e. The Morgan fingerprint density at radius 3 is 3.11 bits per heavy atom. The normalized spacial score (nSPS) is 17.8. The number of hydrogen-bond donors (Lipinski definition) is 0. The Hall–Kier alpha value is -0.570. The summed E-state index contributed by atoms with van der Waals surface area (Å²) in [6.45, 7) is 0. The van der Waals surface area contributed by atoms with Crippen molar-refractivity contribution in [1.29, 1.82) is 0 Å². The van der Waals surface area contributed by atoms with E-state index in [2.05, 4.69) is 4.37 Å². The molecule has 0 spiro atoms. The fraction of sp³-hybridized carbons (Fsp3) is 0.500. The number of aromatic nitrogens is 1. The van der Waals surface area contributed by atoms with Crippen LogP contribution in [0.1, 0.15) is 12.8 Å². The molecule has 0 saturated heterocycles. The molecule has 0 atom stereocenters. The van der Waals surface area contributed by atoms with Crippen molar-refractivity contribution >= 4 is 11.5 Å². The number of rotatable bonds is 2. The summed E-state index contributed by atoms with van der Waals surface area (Å²) in [6, 6.07) is 0. The molecule has 1 aliphatic carbocycles. The summed E-state index contributed by atoms with van der Waals surface area (Å²) in [5, 5.41) is 1.93. The topological polar surface area (TPSA) is 22.1 Å². The summed E-state index contributed by atoms with van der Waals surface area (Å²) < 4.78 is 9.33. The summed E-state index contributed by atoms with van der Waals surface area (Å²) in [5.74, 6) is 0.933. The van der Waals surface area contributed by atoms with Crippen molar-refractivity contribution in [3.63, 3.8) is 0 Å². The molecule has 1 aromatic heterocycles. The molecule has 1 aliphatic rings. The minimum atomic E-state index is 0.501. The summed E-state index contributed by atoms with van der Waals surface area (Å²) in [6.07, 6.45) is 4.70. The Morgan fingerprint density at radius 1 is 1.67 bits per heavy atom. The largest absolute Gasteiger partial charge is 0.488 e. The lowest BCUT2D eigenvalue weighted by molar-refractivity contribution is 0.304. The molecule has 1 aromatic rings. The van der Waals surface area contributed by atoms with Crippen LogP contribution >= 0.6 is 11.5 Å². The van der Waals surface area contributed by atoms with E-state index in [4.69, 9.17) is 4.74 Å². The van der Waals surface area contributed by atoms with Gasteiger partial charge in [0.1, 0.15) is 5.75 Å². The molecular formula is C6H7NOS. The Bertz CT molecular complexity index is 181. The zero-order chi connectivity index (χ0) is 6.10. The van der Waals surface area contributed by atoms with Gasteiger partial charge < -0.3 is 4.74 Å². The third kappa shape index (κ3) is 1.21. The number of nitrogens with zero attached hydrogens (tertiary/aromatic N) is 1. The van der Waals surface area contributed by atoms with E-state index in [1.165, 1.54) is 24.4 Å². The van der Waals surface area contributed by atoms with Crippen LogP contribution < -0.4 is 4.74 Å². The third-order valence-corrected chi connectivity index (χ3v) is 1.80. The van der Waals surface area contributed by atoms with Gasteiger partial charge >= 0.3 is 0 Å². The van der Waals surface area contributed by atoms with Crippen LogP contribution in [0.5, 0.6) is 5.75 Å². The molecule has 9 heavy (non-hydrogen) atoms. The van der Waals surface area contributed by atoms with Crippen LogP contribution in [0.15, 0.2) is 11.6 Å². The maximum absolute atomic E-state index is 5.41. The fourth-order valence-corrected chi connectivity index (χ4v) is 1.08. The molecule has 0 aromatic carbocycles. The molecule has 0 radical (unpaired) electrons. The van der Waals surface area contributed by atoms with E-state index in [9.17, 15) is 0 Å². The third-order valence-electron chi connectivity index (χ3n) is 1.24. The highest BCUT2D eigenvalue weighted by atomic mass is 32.1. The van der Waals surface area contributed by atoms with Crippen molar-refractivity contribution in [3.05, 3.63) is 11.6 Å². The van der Waals surface area contributed by atoms with E-state index in [-0.39, 0.29) is 0 Å². The zero-order valence-electron chi connectivity index (χ0n) is 4.91. The van der Waals surface area contributed by atoms with E-state index >= 15 is 0 Å². The quantitative estimate of drug-likeness (QED) is 0.625. The Kier molecular flexibility index (Phi) is 1.16. The van der Waals surface area contributed by atoms with Gasteiger partial charge in [-0.1, -0.05) is 0 Å². The molecule has 2 rings (SSSR count). The number of ether oxygens (including phenoxy) is 1. The molecule has 0 aliphatic heterocycles. The van der Waals surface area contributed by atoms with Crippen LogP contribution in [-0.2, 0) is 0 Å². The second-order valence-corrected chi connectivity index (χ2v) is 2.83. The first-order chi connectivity index (χ1) is 4.45. The van der Waals surface area contributed by atoms with Crippen molar-refractivity contribution < 1.29 is 4.74 Å². The van der Waals surface area contributed by atoms with Gasteiger partial charge in [-0.3, -0.25) is 0 Å². The second-order valence-electron chi connectivity index (χ2n) is 2.18. The molecule has 0 unspecified atom stereocenters. The lowest BCUT2D eigenvalue weighted by Crippen LogP contribution is -1.93. The van der Waals surface area contributed by atoms with Crippen LogP contribution in [0.4, 0.5) is 0 Å². The Balaban J connectivity index is 1.99. The summed E-state index contributed by atoms with van der Waals surface area (Å²) >= 11 is 1.43. The van der Waals surface area contributed by atoms with Crippen LogP contribution in [0.25, 0.3) is 0 Å². The molecule has 48 valence electrons. The van der Waals surface area contributed by atoms with Gasteiger partial charge in [-0.15, -0.1) is 0 Å². The maximum Gasteiger partial charge on any atom is 0.150 e. The highest BCUT2D eigenvalue weighted by molar-refractivity contribution is 7.03. The van der Waals surface area contributed by atoms with Crippen molar-refractivity contribution in [1.82, 2.24) is 4.37 Å². The van der Waals surface area contributed by atoms with Gasteiger partial charge in [-0.05, 0) is 24.4 Å². The highest BCUT2D eigenvalue weighted by Gasteiger charge is 2.23. The van der Waals surface area contributed by atoms with Crippen molar-refractivity contribution in [2.24, 2.45) is 0 Å². The maximum atomic E-state index is 5.41. The van der Waals surface area contributed by atoms with Gasteiger partial charge in [0.05, 0.1) is 17.7 Å². The fourth-order valence-electron chi connectivity index (χ4n) is 0.632. The molecular weight excluding hydrogens is 134 g/mol. The van der Waals surface area contributed by atoms with E-state index < -0.39 is 0 Å². The van der Waals surface area contributed by atoms with Crippen LogP contribution in [0.3, 0.4) is 0 Å². The van der Waals surface area contributed by atoms with Gasteiger partial charge in [0.25, 0.3) is 0 Å². The van der Waals surface area contributed by atoms with Crippen molar-refractivity contribution in [2.75, 3.05) is 0 Å². The number of hydrogen-bond acceptors (Lipinski definition) is 3. The Morgan fingerprint density at radius 2 is 2.56 bits per heavy atom. The van der Waals surface area contributed by atoms with Crippen LogP contribution in [-0.4, -0.2) is 10.5 Å². The van der Waals surface area contributed by atoms with Crippen LogP contribution in [0.2, 0.25) is 0 Å². The summed E-state index contributed by atoms with van der Waals surface area (Å²) in [5.41, 5.74) is 0. The predicted molar refractivity (Wildman–Crippen MR) is 35.8 cm³/mol. The Labute approximate surface area is 57.6 Å². The van der Waals surface area contributed by atoms with Crippen LogP contribution in [0, 0.1) is 0 Å². The van der Waals surface area contributed by atoms with Gasteiger partial charge in [0, 0.05) is 0 Å². The van der Waals surface area contributed by atoms with E-state index in [0.717, 1.165) is 5.75 Å². The molecule has 0 N–H and O–H groups in total. The van der Waals surface area contributed by atoms with Crippen molar-refractivity contribution in [2.45, 2.75) is 18.9 Å². The highest BCUT2D eigenvalue weighted by Crippen LogP contribution is 2.26. The standard InChI is InChI=1S/C6H7NOS/c1-2-5(1)8-6-3-7-9-4-6/h3-5H,1-2H2. The van der Waals surface area contributed by atoms with Gasteiger partial charge in [0.2, 0.25) is 0 Å². The summed E-state index contributed by atoms with van der Waals surface area (Å²) in [4.78, 5) is 0. The predicted octanol–water partition coefficient (Wildman–Crippen LogP) is 1.68. The lowest BCUT2D eigenvalue weighted by atomic mass is 10.6.